The van der Waals surface area contributed by atoms with Gasteiger partial charge in [-0.15, -0.1) is 0 Å². The van der Waals surface area contributed by atoms with Crippen molar-refractivity contribution in [3.8, 4) is 0 Å². The normalized spacial score (nSPS) is 22.9. The van der Waals surface area contributed by atoms with Crippen molar-refractivity contribution in [2.75, 3.05) is 13.1 Å². The lowest BCUT2D eigenvalue weighted by Gasteiger charge is -2.26. The van der Waals surface area contributed by atoms with Gasteiger partial charge >= 0.3 is 6.03 Å². The van der Waals surface area contributed by atoms with E-state index >= 15 is 0 Å². The van der Waals surface area contributed by atoms with Crippen molar-refractivity contribution in [3.05, 3.63) is 11.8 Å². The zero-order valence-electron chi connectivity index (χ0n) is 10.9. The molecule has 0 aromatic carbocycles. The van der Waals surface area contributed by atoms with Crippen molar-refractivity contribution in [2.24, 2.45) is 5.92 Å². The largest absolute Gasteiger partial charge is 0.325 e. The summed E-state index contributed by atoms with van der Waals surface area (Å²) in [6, 6.07) is 0.0852. The Hall–Kier alpha value is -0.990. The lowest BCUT2D eigenvalue weighted by molar-refractivity contribution is 0.190. The third kappa shape index (κ3) is 3.48. The summed E-state index contributed by atoms with van der Waals surface area (Å²) in [6.07, 6.45) is 10.8. The number of carbonyl (C=O) groups is 1. The van der Waals surface area contributed by atoms with E-state index in [1.807, 2.05) is 11.1 Å². The Kier molecular flexibility index (Phi) is 4.46. The molecule has 1 aliphatic heterocycles. The zero-order chi connectivity index (χ0) is 12.1. The third-order valence-corrected chi connectivity index (χ3v) is 4.07. The van der Waals surface area contributed by atoms with Gasteiger partial charge in [0, 0.05) is 19.3 Å². The summed E-state index contributed by atoms with van der Waals surface area (Å²) in [5, 5.41) is 2.95. The van der Waals surface area contributed by atoms with Crippen molar-refractivity contribution in [1.82, 2.24) is 10.2 Å². The highest BCUT2D eigenvalue weighted by molar-refractivity contribution is 5.75. The van der Waals surface area contributed by atoms with Crippen LogP contribution in [0.4, 0.5) is 4.79 Å². The first-order valence-electron chi connectivity index (χ1n) is 6.99. The maximum atomic E-state index is 11.9. The van der Waals surface area contributed by atoms with E-state index in [9.17, 15) is 4.79 Å². The van der Waals surface area contributed by atoms with Gasteiger partial charge in [0.1, 0.15) is 0 Å². The molecule has 0 bridgehead atoms. The van der Waals surface area contributed by atoms with Crippen molar-refractivity contribution in [3.63, 3.8) is 0 Å². The molecule has 3 heteroatoms. The number of urea groups is 1. The van der Waals surface area contributed by atoms with Gasteiger partial charge in [-0.1, -0.05) is 18.4 Å². The van der Waals surface area contributed by atoms with Crippen LogP contribution in [-0.4, -0.2) is 24.0 Å². The molecule has 96 valence electrons. The highest BCUT2D eigenvalue weighted by Crippen LogP contribution is 2.30. The van der Waals surface area contributed by atoms with E-state index in [0.717, 1.165) is 25.9 Å². The number of likely N-dealkylation sites (tertiary alicyclic amines) is 1. The summed E-state index contributed by atoms with van der Waals surface area (Å²) in [4.78, 5) is 13.8. The van der Waals surface area contributed by atoms with Crippen LogP contribution in [0.5, 0.6) is 0 Å². The fraction of sp³-hybridized carbons (Fsp3) is 0.786. The first-order chi connectivity index (χ1) is 8.27. The van der Waals surface area contributed by atoms with Crippen LogP contribution in [0, 0.1) is 5.92 Å². The van der Waals surface area contributed by atoms with E-state index in [1.54, 1.807) is 0 Å². The monoisotopic (exact) mass is 236 g/mol. The van der Waals surface area contributed by atoms with Crippen LogP contribution in [0.3, 0.4) is 0 Å². The predicted octanol–water partition coefficient (Wildman–Crippen LogP) is 3.28. The second-order valence-electron chi connectivity index (χ2n) is 5.37. The molecule has 1 heterocycles. The molecule has 1 saturated heterocycles. The van der Waals surface area contributed by atoms with Gasteiger partial charge in [0.15, 0.2) is 0 Å². The number of hydrogen-bond acceptors (Lipinski definition) is 1. The molecule has 3 nitrogen and oxygen atoms in total. The Balaban J connectivity index is 1.79. The summed E-state index contributed by atoms with van der Waals surface area (Å²) in [7, 11) is 0. The van der Waals surface area contributed by atoms with Gasteiger partial charge in [0.2, 0.25) is 0 Å². The number of nitrogens with one attached hydrogen (secondary N) is 1. The van der Waals surface area contributed by atoms with Crippen LogP contribution in [0.25, 0.3) is 0 Å². The summed E-state index contributed by atoms with van der Waals surface area (Å²) in [6.45, 7) is 3.98. The van der Waals surface area contributed by atoms with Crippen molar-refractivity contribution >= 4 is 6.03 Å². The van der Waals surface area contributed by atoms with Gasteiger partial charge in [-0.05, 0) is 44.9 Å². The number of hydrogen-bond donors (Lipinski definition) is 1. The maximum Gasteiger partial charge on any atom is 0.321 e. The highest BCUT2D eigenvalue weighted by atomic mass is 16.2. The van der Waals surface area contributed by atoms with Gasteiger partial charge < -0.3 is 10.2 Å². The fourth-order valence-corrected chi connectivity index (χ4v) is 2.86. The van der Waals surface area contributed by atoms with Gasteiger partial charge in [-0.2, -0.15) is 0 Å². The van der Waals surface area contributed by atoms with Gasteiger partial charge in [-0.3, -0.25) is 0 Å². The molecular formula is C14H24N2O. The smallest absolute Gasteiger partial charge is 0.321 e. The number of allylic oxidation sites excluding steroid dienone is 1. The Morgan fingerprint density at radius 1 is 1.12 bits per heavy atom. The van der Waals surface area contributed by atoms with E-state index in [2.05, 4.69) is 12.2 Å². The van der Waals surface area contributed by atoms with E-state index in [4.69, 9.17) is 0 Å². The lowest BCUT2D eigenvalue weighted by Crippen LogP contribution is -2.41. The summed E-state index contributed by atoms with van der Waals surface area (Å²) < 4.78 is 0. The Bertz CT molecular complexity index is 287. The number of piperidine rings is 1. The average molecular weight is 236 g/mol. The Labute approximate surface area is 104 Å². The number of amides is 2. The van der Waals surface area contributed by atoms with Crippen LogP contribution >= 0.6 is 0 Å². The molecule has 0 aromatic heterocycles. The standard InChI is InChI=1S/C14H24N2O/c1-12(13-7-3-4-8-13)11-15-14(17)16-9-5-2-6-10-16/h11,13H,2-10H2,1H3,(H,15,17)/b12-11+. The molecule has 0 aromatic rings. The molecule has 2 fully saturated rings. The van der Waals surface area contributed by atoms with Crippen molar-refractivity contribution in [2.45, 2.75) is 51.9 Å². The number of carbonyl (C=O) groups excluding carboxylic acids is 1. The molecule has 0 spiro atoms. The predicted molar refractivity (Wildman–Crippen MR) is 69.7 cm³/mol. The van der Waals surface area contributed by atoms with Crippen LogP contribution in [-0.2, 0) is 0 Å². The quantitative estimate of drug-likeness (QED) is 0.784. The SMILES string of the molecule is C/C(=C\NC(=O)N1CCCCC1)C1CCCC1. The first kappa shape index (κ1) is 12.5. The number of nitrogens with zero attached hydrogens (tertiary/aromatic N) is 1. The topological polar surface area (TPSA) is 32.3 Å². The molecule has 2 amide bonds. The minimum atomic E-state index is 0.0852. The molecule has 2 aliphatic rings. The van der Waals surface area contributed by atoms with Crippen molar-refractivity contribution in [1.29, 1.82) is 0 Å². The molecular weight excluding hydrogens is 212 g/mol. The van der Waals surface area contributed by atoms with Crippen LogP contribution in [0.15, 0.2) is 11.8 Å². The minimum absolute atomic E-state index is 0.0852. The maximum absolute atomic E-state index is 11.9. The first-order valence-corrected chi connectivity index (χ1v) is 6.99. The van der Waals surface area contributed by atoms with Crippen LogP contribution in [0.1, 0.15) is 51.9 Å². The van der Waals surface area contributed by atoms with Crippen LogP contribution in [0.2, 0.25) is 0 Å². The second kappa shape index (κ2) is 6.08. The molecule has 2 rings (SSSR count). The van der Waals surface area contributed by atoms with Crippen LogP contribution < -0.4 is 5.32 Å². The summed E-state index contributed by atoms with van der Waals surface area (Å²) >= 11 is 0. The van der Waals surface area contributed by atoms with Gasteiger partial charge in [0.25, 0.3) is 0 Å². The average Bonchev–Trinajstić information content (AvgIpc) is 2.90. The molecule has 0 radical (unpaired) electrons. The van der Waals surface area contributed by atoms with Gasteiger partial charge in [0.05, 0.1) is 0 Å². The summed E-state index contributed by atoms with van der Waals surface area (Å²) in [5.74, 6) is 0.705. The highest BCUT2D eigenvalue weighted by Gasteiger charge is 2.18. The molecule has 1 saturated carbocycles. The molecule has 0 atom stereocenters. The van der Waals surface area contributed by atoms with E-state index < -0.39 is 0 Å². The lowest BCUT2D eigenvalue weighted by atomic mass is 10.0. The van der Waals surface area contributed by atoms with E-state index in [-0.39, 0.29) is 6.03 Å². The zero-order valence-corrected chi connectivity index (χ0v) is 10.9. The third-order valence-electron chi connectivity index (χ3n) is 4.07. The molecule has 1 N–H and O–H groups in total. The Morgan fingerprint density at radius 3 is 2.41 bits per heavy atom. The van der Waals surface area contributed by atoms with Gasteiger partial charge in [-0.25, -0.2) is 4.79 Å². The Morgan fingerprint density at radius 2 is 1.76 bits per heavy atom. The number of rotatable bonds is 2. The second-order valence-corrected chi connectivity index (χ2v) is 5.37. The summed E-state index contributed by atoms with van der Waals surface area (Å²) in [5.41, 5.74) is 1.34. The minimum Gasteiger partial charge on any atom is -0.325 e. The molecule has 17 heavy (non-hydrogen) atoms. The molecule has 0 unspecified atom stereocenters. The molecule has 1 aliphatic carbocycles. The fourth-order valence-electron chi connectivity index (χ4n) is 2.86. The van der Waals surface area contributed by atoms with Crippen molar-refractivity contribution < 1.29 is 4.79 Å². The van der Waals surface area contributed by atoms with E-state index in [1.165, 1.54) is 37.7 Å². The van der Waals surface area contributed by atoms with E-state index in [0.29, 0.717) is 5.92 Å².